The zero-order valence-corrected chi connectivity index (χ0v) is 11.8. The molecule has 21 heavy (non-hydrogen) atoms. The molecule has 0 saturated heterocycles. The first kappa shape index (κ1) is 14.8. The van der Waals surface area contributed by atoms with Crippen LogP contribution in [0.1, 0.15) is 11.1 Å². The van der Waals surface area contributed by atoms with Crippen molar-refractivity contribution in [3.05, 3.63) is 52.7 Å². The second-order valence-corrected chi connectivity index (χ2v) is 4.71. The molecule has 0 aliphatic heterocycles. The first-order chi connectivity index (χ1) is 10.0. The summed E-state index contributed by atoms with van der Waals surface area (Å²) in [6.07, 6.45) is 1.42. The van der Waals surface area contributed by atoms with E-state index in [9.17, 15) is 4.79 Å². The summed E-state index contributed by atoms with van der Waals surface area (Å²) < 4.78 is 0. The summed E-state index contributed by atoms with van der Waals surface area (Å²) in [6.45, 7) is 0.384. The number of nitrogens with zero attached hydrogens (tertiary/aromatic N) is 1. The average molecular weight is 304 g/mol. The standard InChI is InChI=1S/C14H14ClN5O/c15-10-4-2-1-3-8(10)7-20-12-9(11(16)14(18)21)5-6-19-13(12)17/h1-6,16,20H,7H2,(H2,17,19)(H2,18,21). The predicted octanol–water partition coefficient (Wildman–Crippen LogP) is 1.78. The Kier molecular flexibility index (Phi) is 4.39. The zero-order valence-electron chi connectivity index (χ0n) is 11.1. The Morgan fingerprint density at radius 2 is 2.05 bits per heavy atom. The number of carbonyl (C=O) groups excluding carboxylic acids is 1. The van der Waals surface area contributed by atoms with Gasteiger partial charge in [0.05, 0.1) is 5.69 Å². The highest BCUT2D eigenvalue weighted by Crippen LogP contribution is 2.24. The van der Waals surface area contributed by atoms with Crippen molar-refractivity contribution in [2.45, 2.75) is 6.54 Å². The summed E-state index contributed by atoms with van der Waals surface area (Å²) in [5.41, 5.74) is 12.2. The number of halogens is 1. The number of nitrogens with one attached hydrogen (secondary N) is 2. The topological polar surface area (TPSA) is 118 Å². The molecule has 0 fully saturated rings. The van der Waals surface area contributed by atoms with E-state index in [0.29, 0.717) is 22.8 Å². The van der Waals surface area contributed by atoms with Crippen molar-refractivity contribution in [3.63, 3.8) is 0 Å². The van der Waals surface area contributed by atoms with Crippen LogP contribution >= 0.6 is 11.6 Å². The van der Waals surface area contributed by atoms with Crippen LogP contribution in [0.5, 0.6) is 0 Å². The molecule has 6 N–H and O–H groups in total. The molecule has 0 aliphatic carbocycles. The number of amides is 1. The second-order valence-electron chi connectivity index (χ2n) is 4.30. The summed E-state index contributed by atoms with van der Waals surface area (Å²) in [5.74, 6) is -0.646. The minimum Gasteiger partial charge on any atom is -0.382 e. The number of benzene rings is 1. The smallest absolute Gasteiger partial charge is 0.267 e. The Labute approximate surface area is 126 Å². The number of hydrogen-bond donors (Lipinski definition) is 4. The van der Waals surface area contributed by atoms with Gasteiger partial charge in [0.2, 0.25) is 0 Å². The first-order valence-corrected chi connectivity index (χ1v) is 6.49. The van der Waals surface area contributed by atoms with Crippen LogP contribution in [-0.4, -0.2) is 16.6 Å². The maximum atomic E-state index is 11.2. The molecule has 0 radical (unpaired) electrons. The van der Waals surface area contributed by atoms with Crippen molar-refractivity contribution in [3.8, 4) is 0 Å². The van der Waals surface area contributed by atoms with Crippen molar-refractivity contribution in [1.29, 1.82) is 5.41 Å². The predicted molar refractivity (Wildman–Crippen MR) is 83.5 cm³/mol. The molecule has 0 aliphatic rings. The lowest BCUT2D eigenvalue weighted by molar-refractivity contribution is -0.112. The maximum absolute atomic E-state index is 11.2. The molecule has 0 atom stereocenters. The third kappa shape index (κ3) is 3.29. The summed E-state index contributed by atoms with van der Waals surface area (Å²) >= 11 is 6.08. The molecule has 0 saturated carbocycles. The quantitative estimate of drug-likeness (QED) is 0.630. The van der Waals surface area contributed by atoms with E-state index in [-0.39, 0.29) is 11.5 Å². The SMILES string of the molecule is N=C(C(N)=O)c1ccnc(N)c1NCc1ccccc1Cl. The number of nitrogens with two attached hydrogens (primary N) is 2. The van der Waals surface area contributed by atoms with Gasteiger partial charge in [-0.25, -0.2) is 4.98 Å². The second kappa shape index (κ2) is 6.23. The van der Waals surface area contributed by atoms with Crippen LogP contribution in [0.25, 0.3) is 0 Å². The minimum atomic E-state index is -0.832. The highest BCUT2D eigenvalue weighted by molar-refractivity contribution is 6.44. The third-order valence-electron chi connectivity index (χ3n) is 2.91. The molecule has 0 bridgehead atoms. The van der Waals surface area contributed by atoms with E-state index in [0.717, 1.165) is 5.56 Å². The van der Waals surface area contributed by atoms with Crippen LogP contribution in [0, 0.1) is 5.41 Å². The van der Waals surface area contributed by atoms with E-state index < -0.39 is 5.91 Å². The number of rotatable bonds is 5. The van der Waals surface area contributed by atoms with Gasteiger partial charge in [0.15, 0.2) is 0 Å². The highest BCUT2D eigenvalue weighted by atomic mass is 35.5. The van der Waals surface area contributed by atoms with Gasteiger partial charge >= 0.3 is 0 Å². The van der Waals surface area contributed by atoms with Crippen LogP contribution in [0.4, 0.5) is 11.5 Å². The monoisotopic (exact) mass is 303 g/mol. The summed E-state index contributed by atoms with van der Waals surface area (Å²) in [5, 5.41) is 11.4. The van der Waals surface area contributed by atoms with E-state index in [1.165, 1.54) is 12.3 Å². The third-order valence-corrected chi connectivity index (χ3v) is 3.28. The van der Waals surface area contributed by atoms with E-state index >= 15 is 0 Å². The molecule has 6 nitrogen and oxygen atoms in total. The Bertz CT molecular complexity index is 702. The van der Waals surface area contributed by atoms with Gasteiger partial charge in [-0.1, -0.05) is 29.8 Å². The number of aromatic nitrogens is 1. The summed E-state index contributed by atoms with van der Waals surface area (Å²) in [7, 11) is 0. The van der Waals surface area contributed by atoms with Gasteiger partial charge in [0.1, 0.15) is 11.5 Å². The van der Waals surface area contributed by atoms with Gasteiger partial charge in [-0.3, -0.25) is 10.2 Å². The number of primary amides is 1. The zero-order chi connectivity index (χ0) is 15.4. The van der Waals surface area contributed by atoms with Gasteiger partial charge in [-0.05, 0) is 17.7 Å². The molecule has 1 amide bonds. The maximum Gasteiger partial charge on any atom is 0.267 e. The summed E-state index contributed by atoms with van der Waals surface area (Å²) in [6, 6.07) is 8.84. The first-order valence-electron chi connectivity index (χ1n) is 6.11. The van der Waals surface area contributed by atoms with E-state index in [1.54, 1.807) is 6.07 Å². The van der Waals surface area contributed by atoms with Gasteiger partial charge in [-0.2, -0.15) is 0 Å². The van der Waals surface area contributed by atoms with Gasteiger partial charge in [-0.15, -0.1) is 0 Å². The summed E-state index contributed by atoms with van der Waals surface area (Å²) in [4.78, 5) is 15.1. The van der Waals surface area contributed by atoms with Crippen LogP contribution in [0.3, 0.4) is 0 Å². The Morgan fingerprint density at radius 1 is 1.33 bits per heavy atom. The van der Waals surface area contributed by atoms with Crippen molar-refractivity contribution in [2.75, 3.05) is 11.1 Å². The Hall–Kier alpha value is -2.60. The average Bonchev–Trinajstić information content (AvgIpc) is 2.46. The molecular weight excluding hydrogens is 290 g/mol. The van der Waals surface area contributed by atoms with Crippen LogP contribution in [0.15, 0.2) is 36.5 Å². The number of anilines is 2. The molecule has 7 heteroatoms. The number of carbonyl (C=O) groups is 1. The number of hydrogen-bond acceptors (Lipinski definition) is 5. The number of nitrogen functional groups attached to an aromatic ring is 1. The normalized spacial score (nSPS) is 10.1. The van der Waals surface area contributed by atoms with Crippen LogP contribution in [0.2, 0.25) is 5.02 Å². The molecule has 1 aromatic heterocycles. The lowest BCUT2D eigenvalue weighted by Crippen LogP contribution is -2.24. The Balaban J connectivity index is 2.30. The Morgan fingerprint density at radius 3 is 2.71 bits per heavy atom. The van der Waals surface area contributed by atoms with E-state index in [4.69, 9.17) is 28.5 Å². The van der Waals surface area contributed by atoms with Crippen molar-refractivity contribution >= 4 is 34.7 Å². The van der Waals surface area contributed by atoms with Gasteiger partial charge < -0.3 is 16.8 Å². The fourth-order valence-corrected chi connectivity index (χ4v) is 2.03. The van der Waals surface area contributed by atoms with Gasteiger partial charge in [0, 0.05) is 23.3 Å². The van der Waals surface area contributed by atoms with Crippen molar-refractivity contribution in [2.24, 2.45) is 5.73 Å². The molecule has 1 aromatic carbocycles. The highest BCUT2D eigenvalue weighted by Gasteiger charge is 2.15. The fraction of sp³-hybridized carbons (Fsp3) is 0.0714. The lowest BCUT2D eigenvalue weighted by Gasteiger charge is -2.14. The van der Waals surface area contributed by atoms with Crippen LogP contribution in [-0.2, 0) is 11.3 Å². The van der Waals surface area contributed by atoms with Crippen molar-refractivity contribution < 1.29 is 4.79 Å². The fourth-order valence-electron chi connectivity index (χ4n) is 1.83. The molecule has 0 spiro atoms. The molecule has 2 aromatic rings. The van der Waals surface area contributed by atoms with E-state index in [1.807, 2.05) is 18.2 Å². The van der Waals surface area contributed by atoms with Crippen LogP contribution < -0.4 is 16.8 Å². The molecule has 2 rings (SSSR count). The lowest BCUT2D eigenvalue weighted by atomic mass is 10.1. The molecule has 1 heterocycles. The molecular formula is C14H14ClN5O. The van der Waals surface area contributed by atoms with Crippen molar-refractivity contribution in [1.82, 2.24) is 4.98 Å². The minimum absolute atomic E-state index is 0.186. The molecule has 108 valence electrons. The molecule has 0 unspecified atom stereocenters. The largest absolute Gasteiger partial charge is 0.382 e. The van der Waals surface area contributed by atoms with Gasteiger partial charge in [0.25, 0.3) is 5.91 Å². The number of pyridine rings is 1. The van der Waals surface area contributed by atoms with E-state index in [2.05, 4.69) is 10.3 Å².